The number of amides is 1. The van der Waals surface area contributed by atoms with E-state index in [1.165, 1.54) is 17.2 Å². The summed E-state index contributed by atoms with van der Waals surface area (Å²) in [6, 6.07) is 0.438. The number of carboxylic acids is 1. The highest BCUT2D eigenvalue weighted by atomic mass is 16.6. The lowest BCUT2D eigenvalue weighted by Crippen LogP contribution is -2.56. The molecule has 9 heteroatoms. The first-order valence-corrected chi connectivity index (χ1v) is 5.85. The van der Waals surface area contributed by atoms with Crippen LogP contribution in [0, 0.1) is 10.1 Å². The van der Waals surface area contributed by atoms with Gasteiger partial charge in [0.05, 0.1) is 11.3 Å². The molecule has 1 saturated heterocycles. The van der Waals surface area contributed by atoms with Crippen molar-refractivity contribution in [1.29, 1.82) is 0 Å². The maximum absolute atomic E-state index is 11.8. The summed E-state index contributed by atoms with van der Waals surface area (Å²) in [4.78, 5) is 38.2. The standard InChI is InChI=1S/C11H12N4O5/c16-10(17)5-8-11(18)13-3-4-14(8)7-1-2-12-6-9(7)15(19)20/h1-2,6,8H,3-5H2,(H,13,18)(H,16,17). The van der Waals surface area contributed by atoms with Gasteiger partial charge >= 0.3 is 11.7 Å². The van der Waals surface area contributed by atoms with Gasteiger partial charge in [-0.2, -0.15) is 0 Å². The number of anilines is 1. The number of carbonyl (C=O) groups excluding carboxylic acids is 1. The highest BCUT2D eigenvalue weighted by Crippen LogP contribution is 2.29. The molecule has 9 nitrogen and oxygen atoms in total. The van der Waals surface area contributed by atoms with Crippen LogP contribution < -0.4 is 10.2 Å². The van der Waals surface area contributed by atoms with Gasteiger partial charge in [0.2, 0.25) is 5.91 Å². The number of aromatic nitrogens is 1. The molecule has 1 unspecified atom stereocenters. The molecule has 1 atom stereocenters. The minimum absolute atomic E-state index is 0.200. The van der Waals surface area contributed by atoms with E-state index in [0.29, 0.717) is 13.1 Å². The molecule has 2 rings (SSSR count). The number of hydrogen-bond acceptors (Lipinski definition) is 6. The summed E-state index contributed by atoms with van der Waals surface area (Å²) in [6.07, 6.45) is 2.03. The number of pyridine rings is 1. The van der Waals surface area contributed by atoms with Crippen molar-refractivity contribution in [2.75, 3.05) is 18.0 Å². The maximum Gasteiger partial charge on any atom is 0.310 e. The van der Waals surface area contributed by atoms with Crippen molar-refractivity contribution in [3.63, 3.8) is 0 Å². The number of nitro groups is 1. The van der Waals surface area contributed by atoms with Gasteiger partial charge in [-0.3, -0.25) is 24.7 Å². The molecule has 2 heterocycles. The molecule has 0 aliphatic carbocycles. The van der Waals surface area contributed by atoms with Crippen molar-refractivity contribution in [2.45, 2.75) is 12.5 Å². The highest BCUT2D eigenvalue weighted by Gasteiger charge is 2.34. The molecule has 0 saturated carbocycles. The Morgan fingerprint density at radius 2 is 2.40 bits per heavy atom. The first kappa shape index (κ1) is 13.7. The summed E-state index contributed by atoms with van der Waals surface area (Å²) in [5.41, 5.74) is -0.0521. The van der Waals surface area contributed by atoms with Crippen LogP contribution in [-0.2, 0) is 9.59 Å². The fourth-order valence-electron chi connectivity index (χ4n) is 2.13. The average Bonchev–Trinajstić information content (AvgIpc) is 2.40. The minimum atomic E-state index is -1.14. The Bertz CT molecular complexity index is 561. The van der Waals surface area contributed by atoms with E-state index in [9.17, 15) is 19.7 Å². The van der Waals surface area contributed by atoms with Gasteiger partial charge in [0.15, 0.2) is 0 Å². The smallest absolute Gasteiger partial charge is 0.310 e. The van der Waals surface area contributed by atoms with Gasteiger partial charge in [-0.05, 0) is 6.07 Å². The predicted octanol–water partition coefficient (Wildman–Crippen LogP) is -0.231. The summed E-state index contributed by atoms with van der Waals surface area (Å²) in [5.74, 6) is -1.60. The van der Waals surface area contributed by atoms with Gasteiger partial charge in [0, 0.05) is 19.3 Å². The lowest BCUT2D eigenvalue weighted by Gasteiger charge is -2.35. The SMILES string of the molecule is O=C(O)CC1C(=O)NCCN1c1ccncc1[N+](=O)[O-]. The Morgan fingerprint density at radius 1 is 1.65 bits per heavy atom. The van der Waals surface area contributed by atoms with Crippen LogP contribution in [0.4, 0.5) is 11.4 Å². The molecular formula is C11H12N4O5. The zero-order valence-corrected chi connectivity index (χ0v) is 10.4. The van der Waals surface area contributed by atoms with Crippen LogP contribution in [0.3, 0.4) is 0 Å². The third kappa shape index (κ3) is 2.66. The Balaban J connectivity index is 2.40. The third-order valence-corrected chi connectivity index (χ3v) is 2.98. The Kier molecular flexibility index (Phi) is 3.78. The van der Waals surface area contributed by atoms with Crippen LogP contribution in [0.2, 0.25) is 0 Å². The monoisotopic (exact) mass is 280 g/mol. The van der Waals surface area contributed by atoms with Crippen molar-refractivity contribution in [2.24, 2.45) is 0 Å². The van der Waals surface area contributed by atoms with Crippen LogP contribution in [0.25, 0.3) is 0 Å². The summed E-state index contributed by atoms with van der Waals surface area (Å²) in [6.45, 7) is 0.600. The molecule has 20 heavy (non-hydrogen) atoms. The zero-order valence-electron chi connectivity index (χ0n) is 10.4. The molecule has 0 spiro atoms. The highest BCUT2D eigenvalue weighted by molar-refractivity contribution is 5.91. The number of rotatable bonds is 4. The van der Waals surface area contributed by atoms with Crippen molar-refractivity contribution >= 4 is 23.3 Å². The zero-order chi connectivity index (χ0) is 14.7. The van der Waals surface area contributed by atoms with Crippen LogP contribution in [-0.4, -0.2) is 46.0 Å². The number of carbonyl (C=O) groups is 2. The van der Waals surface area contributed by atoms with Crippen LogP contribution >= 0.6 is 0 Å². The molecule has 2 N–H and O–H groups in total. The van der Waals surface area contributed by atoms with Crippen LogP contribution in [0.5, 0.6) is 0 Å². The molecule has 1 fully saturated rings. The first-order chi connectivity index (χ1) is 9.50. The Morgan fingerprint density at radius 3 is 3.05 bits per heavy atom. The van der Waals surface area contributed by atoms with E-state index in [1.807, 2.05) is 0 Å². The summed E-state index contributed by atoms with van der Waals surface area (Å²) in [7, 11) is 0. The quantitative estimate of drug-likeness (QED) is 0.576. The number of nitrogens with zero attached hydrogens (tertiary/aromatic N) is 3. The van der Waals surface area contributed by atoms with E-state index in [1.54, 1.807) is 0 Å². The van der Waals surface area contributed by atoms with E-state index in [4.69, 9.17) is 5.11 Å². The van der Waals surface area contributed by atoms with Crippen LogP contribution in [0.15, 0.2) is 18.5 Å². The lowest BCUT2D eigenvalue weighted by molar-refractivity contribution is -0.384. The molecule has 1 aliphatic heterocycles. The molecular weight excluding hydrogens is 268 g/mol. The molecule has 0 bridgehead atoms. The molecule has 0 aromatic carbocycles. The fourth-order valence-corrected chi connectivity index (χ4v) is 2.13. The Hall–Kier alpha value is -2.71. The number of piperazine rings is 1. The molecule has 0 radical (unpaired) electrons. The number of carboxylic acid groups (broad SMARTS) is 1. The number of aliphatic carboxylic acids is 1. The molecule has 1 aliphatic rings. The van der Waals surface area contributed by atoms with Gasteiger partial charge < -0.3 is 15.3 Å². The number of nitrogens with one attached hydrogen (secondary N) is 1. The van der Waals surface area contributed by atoms with Gasteiger partial charge in [0.1, 0.15) is 17.9 Å². The average molecular weight is 280 g/mol. The van der Waals surface area contributed by atoms with Crippen molar-refractivity contribution in [1.82, 2.24) is 10.3 Å². The summed E-state index contributed by atoms with van der Waals surface area (Å²) < 4.78 is 0. The summed E-state index contributed by atoms with van der Waals surface area (Å²) in [5, 5.41) is 22.4. The lowest BCUT2D eigenvalue weighted by atomic mass is 10.1. The number of hydrogen-bond donors (Lipinski definition) is 2. The summed E-state index contributed by atoms with van der Waals surface area (Å²) >= 11 is 0. The largest absolute Gasteiger partial charge is 0.481 e. The first-order valence-electron chi connectivity index (χ1n) is 5.85. The van der Waals surface area contributed by atoms with E-state index in [0.717, 1.165) is 6.20 Å². The Labute approximate surface area is 113 Å². The van der Waals surface area contributed by atoms with Crippen molar-refractivity contribution in [3.05, 3.63) is 28.6 Å². The van der Waals surface area contributed by atoms with Gasteiger partial charge in [-0.25, -0.2) is 0 Å². The van der Waals surface area contributed by atoms with Gasteiger partial charge in [-0.1, -0.05) is 0 Å². The third-order valence-electron chi connectivity index (χ3n) is 2.98. The van der Waals surface area contributed by atoms with E-state index in [-0.39, 0.29) is 11.4 Å². The van der Waals surface area contributed by atoms with E-state index in [2.05, 4.69) is 10.3 Å². The second-order valence-electron chi connectivity index (χ2n) is 4.22. The fraction of sp³-hybridized carbons (Fsp3) is 0.364. The van der Waals surface area contributed by atoms with E-state index < -0.39 is 29.3 Å². The second-order valence-corrected chi connectivity index (χ2v) is 4.22. The maximum atomic E-state index is 11.8. The van der Waals surface area contributed by atoms with E-state index >= 15 is 0 Å². The predicted molar refractivity (Wildman–Crippen MR) is 67.3 cm³/mol. The molecule has 1 amide bonds. The van der Waals surface area contributed by atoms with Gasteiger partial charge in [-0.15, -0.1) is 0 Å². The van der Waals surface area contributed by atoms with Crippen molar-refractivity contribution < 1.29 is 19.6 Å². The molecule has 1 aromatic heterocycles. The topological polar surface area (TPSA) is 126 Å². The van der Waals surface area contributed by atoms with Gasteiger partial charge in [0.25, 0.3) is 0 Å². The minimum Gasteiger partial charge on any atom is -0.481 e. The molecule has 1 aromatic rings. The van der Waals surface area contributed by atoms with Crippen LogP contribution in [0.1, 0.15) is 6.42 Å². The second kappa shape index (κ2) is 5.51. The molecule has 106 valence electrons. The normalized spacial score (nSPS) is 18.5. The van der Waals surface area contributed by atoms with Crippen molar-refractivity contribution in [3.8, 4) is 0 Å².